The van der Waals surface area contributed by atoms with Crippen LogP contribution in [0, 0.1) is 18.6 Å². The van der Waals surface area contributed by atoms with E-state index >= 15 is 0 Å². The Morgan fingerprint density at radius 2 is 1.71 bits per heavy atom. The zero-order valence-electron chi connectivity index (χ0n) is 20.7. The van der Waals surface area contributed by atoms with Gasteiger partial charge in [-0.2, -0.15) is 0 Å². The highest BCUT2D eigenvalue weighted by molar-refractivity contribution is 5.98. The minimum atomic E-state index is -0.878. The van der Waals surface area contributed by atoms with Gasteiger partial charge in [-0.05, 0) is 61.1 Å². The van der Waals surface area contributed by atoms with Crippen LogP contribution >= 0.6 is 0 Å². The second kappa shape index (κ2) is 11.9. The number of hydrogen-bond donors (Lipinski definition) is 0. The molecule has 2 nitrogen and oxygen atoms in total. The van der Waals surface area contributed by atoms with Crippen LogP contribution in [0.1, 0.15) is 90.8 Å². The van der Waals surface area contributed by atoms with Gasteiger partial charge in [-0.1, -0.05) is 75.6 Å². The van der Waals surface area contributed by atoms with E-state index in [1.807, 2.05) is 6.07 Å². The zero-order chi connectivity index (χ0) is 24.7. The van der Waals surface area contributed by atoms with Crippen molar-refractivity contribution >= 4 is 11.9 Å². The lowest BCUT2D eigenvalue weighted by molar-refractivity contribution is 0.0981. The molecule has 0 amide bonds. The van der Waals surface area contributed by atoms with E-state index in [1.165, 1.54) is 17.2 Å². The van der Waals surface area contributed by atoms with E-state index in [2.05, 4.69) is 68.7 Å². The van der Waals surface area contributed by atoms with E-state index in [9.17, 15) is 13.6 Å². The highest BCUT2D eigenvalue weighted by atomic mass is 19.2. The first kappa shape index (κ1) is 25.6. The van der Waals surface area contributed by atoms with Gasteiger partial charge in [0.15, 0.2) is 17.4 Å². The Hall–Kier alpha value is -3.01. The third kappa shape index (κ3) is 6.53. The summed E-state index contributed by atoms with van der Waals surface area (Å²) in [6.07, 6.45) is 8.21. The van der Waals surface area contributed by atoms with E-state index in [0.717, 1.165) is 42.3 Å². The van der Waals surface area contributed by atoms with Crippen LogP contribution in [-0.4, -0.2) is 10.4 Å². The molecule has 0 aliphatic carbocycles. The average Bonchev–Trinajstić information content (AvgIpc) is 3.17. The Bertz CT molecular complexity index is 1140. The van der Waals surface area contributed by atoms with Crippen LogP contribution in [0.3, 0.4) is 0 Å². The van der Waals surface area contributed by atoms with E-state index in [4.69, 9.17) is 0 Å². The van der Waals surface area contributed by atoms with Crippen LogP contribution in [0.5, 0.6) is 0 Å². The van der Waals surface area contributed by atoms with Gasteiger partial charge in [0.2, 0.25) is 0 Å². The molecule has 3 rings (SSSR count). The van der Waals surface area contributed by atoms with Crippen LogP contribution in [0.2, 0.25) is 0 Å². The molecule has 0 radical (unpaired) electrons. The maximum absolute atomic E-state index is 13.6. The van der Waals surface area contributed by atoms with Crippen molar-refractivity contribution in [1.82, 2.24) is 4.57 Å². The molecule has 0 atom stereocenters. The number of nitrogens with zero attached hydrogens (tertiary/aromatic N) is 1. The van der Waals surface area contributed by atoms with Crippen molar-refractivity contribution in [2.24, 2.45) is 0 Å². The predicted molar refractivity (Wildman–Crippen MR) is 136 cm³/mol. The summed E-state index contributed by atoms with van der Waals surface area (Å²) in [5.41, 5.74) is 5.79. The summed E-state index contributed by atoms with van der Waals surface area (Å²) in [6.45, 7) is 9.16. The van der Waals surface area contributed by atoms with Gasteiger partial charge in [-0.3, -0.25) is 4.79 Å². The normalized spacial score (nSPS) is 11.6. The van der Waals surface area contributed by atoms with Crippen molar-refractivity contribution in [2.75, 3.05) is 0 Å². The Morgan fingerprint density at radius 3 is 2.35 bits per heavy atom. The van der Waals surface area contributed by atoms with Crippen LogP contribution in [0.4, 0.5) is 8.78 Å². The first-order valence-corrected chi connectivity index (χ1v) is 12.2. The third-order valence-electron chi connectivity index (χ3n) is 6.12. The van der Waals surface area contributed by atoms with Gasteiger partial charge in [0.1, 0.15) is 0 Å². The molecule has 4 heteroatoms. The Morgan fingerprint density at radius 1 is 1.00 bits per heavy atom. The maximum Gasteiger partial charge on any atom is 0.165 e. The van der Waals surface area contributed by atoms with Crippen LogP contribution in [-0.2, 0) is 13.0 Å². The summed E-state index contributed by atoms with van der Waals surface area (Å²) in [5.74, 6) is -1.56. The number of carbonyl (C=O) groups excluding carboxylic acids is 1. The molecule has 0 saturated carbocycles. The molecule has 0 unspecified atom stereocenters. The lowest BCUT2D eigenvalue weighted by Gasteiger charge is -2.16. The summed E-state index contributed by atoms with van der Waals surface area (Å²) in [7, 11) is 0. The molecule has 2 aromatic carbocycles. The Labute approximate surface area is 202 Å². The number of aryl methyl sites for hydroxylation is 2. The van der Waals surface area contributed by atoms with Crippen molar-refractivity contribution in [3.63, 3.8) is 0 Å². The maximum atomic E-state index is 13.6. The number of ketones is 1. The molecule has 3 aromatic rings. The summed E-state index contributed by atoms with van der Waals surface area (Å²) in [5, 5.41) is 0. The minimum absolute atomic E-state index is 0.0271. The summed E-state index contributed by atoms with van der Waals surface area (Å²) in [4.78, 5) is 13.3. The van der Waals surface area contributed by atoms with Crippen LogP contribution in [0.15, 0.2) is 54.6 Å². The summed E-state index contributed by atoms with van der Waals surface area (Å²) >= 11 is 0. The molecule has 0 spiro atoms. The van der Waals surface area contributed by atoms with E-state index in [1.54, 1.807) is 6.07 Å². The molecule has 0 bridgehead atoms. The minimum Gasteiger partial charge on any atom is -0.340 e. The van der Waals surface area contributed by atoms with Gasteiger partial charge in [0.05, 0.1) is 0 Å². The number of rotatable bonds is 11. The average molecular weight is 464 g/mol. The molecule has 0 aliphatic rings. The number of allylic oxidation sites excluding steroid dienone is 1. The van der Waals surface area contributed by atoms with Gasteiger partial charge in [-0.15, -0.1) is 0 Å². The second-order valence-corrected chi connectivity index (χ2v) is 9.31. The first-order valence-electron chi connectivity index (χ1n) is 12.2. The van der Waals surface area contributed by atoms with Gasteiger partial charge in [0, 0.05) is 29.9 Å². The molecule has 0 fully saturated rings. The zero-order valence-corrected chi connectivity index (χ0v) is 20.7. The van der Waals surface area contributed by atoms with E-state index in [0.29, 0.717) is 18.5 Å². The first-order chi connectivity index (χ1) is 16.3. The van der Waals surface area contributed by atoms with Crippen LogP contribution < -0.4 is 0 Å². The van der Waals surface area contributed by atoms with Crippen molar-refractivity contribution in [1.29, 1.82) is 0 Å². The molecule has 1 heterocycles. The molecule has 0 aliphatic heterocycles. The predicted octanol–water partition coefficient (Wildman–Crippen LogP) is 8.27. The van der Waals surface area contributed by atoms with Crippen molar-refractivity contribution in [2.45, 2.75) is 72.3 Å². The number of hydrogen-bond acceptors (Lipinski definition) is 1. The Kier molecular flexibility index (Phi) is 8.98. The quantitative estimate of drug-likeness (QED) is 0.207. The van der Waals surface area contributed by atoms with E-state index in [-0.39, 0.29) is 18.1 Å². The lowest BCUT2D eigenvalue weighted by Crippen LogP contribution is -2.11. The van der Waals surface area contributed by atoms with E-state index < -0.39 is 11.6 Å². The van der Waals surface area contributed by atoms with Crippen molar-refractivity contribution < 1.29 is 13.6 Å². The molecule has 0 saturated heterocycles. The van der Waals surface area contributed by atoms with Gasteiger partial charge < -0.3 is 4.57 Å². The third-order valence-corrected chi connectivity index (χ3v) is 6.12. The number of unbranched alkanes of at least 4 members (excludes halogenated alkanes) is 2. The smallest absolute Gasteiger partial charge is 0.165 e. The second-order valence-electron chi connectivity index (χ2n) is 9.31. The summed E-state index contributed by atoms with van der Waals surface area (Å²) < 4.78 is 29.1. The van der Waals surface area contributed by atoms with Crippen molar-refractivity contribution in [3.05, 3.63) is 99.9 Å². The monoisotopic (exact) mass is 463 g/mol. The van der Waals surface area contributed by atoms with Crippen LogP contribution in [0.25, 0.3) is 6.08 Å². The lowest BCUT2D eigenvalue weighted by atomic mass is 9.98. The number of Topliss-reactive ketones (excluding diaryl/α,β-unsaturated/α-hetero) is 1. The molecular formula is C30H35F2NO. The molecule has 180 valence electrons. The topological polar surface area (TPSA) is 22.0 Å². The summed E-state index contributed by atoms with van der Waals surface area (Å²) in [6, 6.07) is 14.3. The number of aromatic nitrogens is 1. The Balaban J connectivity index is 1.93. The fourth-order valence-corrected chi connectivity index (χ4v) is 4.23. The standard InChI is InChI=1S/C30H35F2NO/c1-5-6-7-8-9-25-19-26(29(34)17-15-23-14-16-27(31)28(32)18-23)30(21(2)3)33(25)20-24-12-10-22(4)11-13-24/h8-14,16,18-19,21H,5-7,15,17,20H2,1-4H3/b9-8+. The number of halogens is 2. The molecular weight excluding hydrogens is 428 g/mol. The molecule has 34 heavy (non-hydrogen) atoms. The highest BCUT2D eigenvalue weighted by Gasteiger charge is 2.22. The number of benzene rings is 2. The fourth-order valence-electron chi connectivity index (χ4n) is 4.23. The SMILES string of the molecule is CCCC/C=C/c1cc(C(=O)CCc2ccc(F)c(F)c2)c(C(C)C)n1Cc1ccc(C)cc1. The largest absolute Gasteiger partial charge is 0.340 e. The molecule has 1 aromatic heterocycles. The van der Waals surface area contributed by atoms with Gasteiger partial charge in [-0.25, -0.2) is 8.78 Å². The molecule has 0 N–H and O–H groups in total. The highest BCUT2D eigenvalue weighted by Crippen LogP contribution is 2.28. The fraction of sp³-hybridized carbons (Fsp3) is 0.367. The van der Waals surface area contributed by atoms with Gasteiger partial charge in [0.25, 0.3) is 0 Å². The number of carbonyl (C=O) groups is 1. The van der Waals surface area contributed by atoms with Gasteiger partial charge >= 0.3 is 0 Å². The van der Waals surface area contributed by atoms with Crippen molar-refractivity contribution in [3.8, 4) is 0 Å².